The molecule has 7 heteroatoms. The van der Waals surface area contributed by atoms with E-state index in [1.54, 1.807) is 14.2 Å². The van der Waals surface area contributed by atoms with Gasteiger partial charge in [0.05, 0.1) is 35.5 Å². The zero-order valence-corrected chi connectivity index (χ0v) is 21.7. The number of methoxy groups -OCH3 is 2. The average molecular weight is 518 g/mol. The highest BCUT2D eigenvalue weighted by Crippen LogP contribution is 2.37. The fourth-order valence-electron chi connectivity index (χ4n) is 4.08. The minimum Gasteiger partial charge on any atom is -0.497 e. The Morgan fingerprint density at radius 1 is 0.970 bits per heavy atom. The van der Waals surface area contributed by atoms with Crippen LogP contribution < -0.4 is 14.2 Å². The quantitative estimate of drug-likeness (QED) is 0.281. The minimum absolute atomic E-state index is 0.208. The molecule has 3 rings (SSSR count). The summed E-state index contributed by atoms with van der Waals surface area (Å²) in [5.41, 5.74) is 1.64. The van der Waals surface area contributed by atoms with E-state index in [1.807, 2.05) is 48.0 Å². The average Bonchev–Trinajstić information content (AvgIpc) is 3.11. The van der Waals surface area contributed by atoms with E-state index < -0.39 is 5.60 Å². The third-order valence-corrected chi connectivity index (χ3v) is 7.10. The first-order valence-corrected chi connectivity index (χ1v) is 12.0. The second-order valence-corrected chi connectivity index (χ2v) is 8.84. The van der Waals surface area contributed by atoms with Crippen molar-refractivity contribution in [3.63, 3.8) is 0 Å². The van der Waals surface area contributed by atoms with E-state index in [9.17, 15) is 4.79 Å². The van der Waals surface area contributed by atoms with Gasteiger partial charge in [0.15, 0.2) is 0 Å². The number of benzene rings is 2. The number of hydrogen-bond acceptors (Lipinski definition) is 5. The molecule has 1 aromatic heterocycles. The lowest BCUT2D eigenvalue weighted by Crippen LogP contribution is -2.33. The Morgan fingerprint density at radius 2 is 1.58 bits per heavy atom. The van der Waals surface area contributed by atoms with Crippen LogP contribution in [0.2, 0.25) is 0 Å². The lowest BCUT2D eigenvalue weighted by Gasteiger charge is -2.30. The molecule has 0 aliphatic rings. The topological polar surface area (TPSA) is 58.9 Å². The summed E-state index contributed by atoms with van der Waals surface area (Å²) in [4.78, 5) is 13.6. The molecule has 0 saturated carbocycles. The molecule has 3 aromatic rings. The number of hydrogen-bond donors (Lipinski definition) is 0. The molecule has 0 atom stereocenters. The van der Waals surface area contributed by atoms with Gasteiger partial charge in [-0.25, -0.2) is 4.79 Å². The Morgan fingerprint density at radius 3 is 2.12 bits per heavy atom. The van der Waals surface area contributed by atoms with Crippen molar-refractivity contribution in [2.75, 3.05) is 14.2 Å². The van der Waals surface area contributed by atoms with Gasteiger partial charge in [0.25, 0.3) is 0 Å². The summed E-state index contributed by atoms with van der Waals surface area (Å²) in [7, 11) is 5.16. The largest absolute Gasteiger partial charge is 0.497 e. The molecule has 0 saturated heterocycles. The number of esters is 1. The molecular formula is C26H32BrNO5. The smallest absolute Gasteiger partial charge is 0.341 e. The Bertz CT molecular complexity index is 1110. The maximum Gasteiger partial charge on any atom is 0.341 e. The van der Waals surface area contributed by atoms with Gasteiger partial charge < -0.3 is 23.5 Å². The number of carbonyl (C=O) groups is 1. The molecule has 1 heterocycles. The summed E-state index contributed by atoms with van der Waals surface area (Å²) in [5, 5.41) is 0.771. The van der Waals surface area contributed by atoms with Gasteiger partial charge in [-0.1, -0.05) is 20.8 Å². The van der Waals surface area contributed by atoms with Gasteiger partial charge in [-0.3, -0.25) is 0 Å². The number of nitrogens with zero attached hydrogens (tertiary/aromatic N) is 1. The highest BCUT2D eigenvalue weighted by atomic mass is 79.9. The molecule has 178 valence electrons. The van der Waals surface area contributed by atoms with Crippen LogP contribution in [0.15, 0.2) is 40.9 Å². The zero-order chi connectivity index (χ0) is 24.2. The van der Waals surface area contributed by atoms with E-state index in [2.05, 4.69) is 36.7 Å². The van der Waals surface area contributed by atoms with Gasteiger partial charge in [-0.05, 0) is 71.6 Å². The second-order valence-electron chi connectivity index (χ2n) is 7.98. The van der Waals surface area contributed by atoms with Crippen LogP contribution in [0.1, 0.15) is 56.1 Å². The van der Waals surface area contributed by atoms with Crippen molar-refractivity contribution in [2.24, 2.45) is 7.05 Å². The molecule has 0 spiro atoms. The zero-order valence-electron chi connectivity index (χ0n) is 20.2. The van der Waals surface area contributed by atoms with E-state index >= 15 is 0 Å². The number of halogens is 1. The van der Waals surface area contributed by atoms with Crippen molar-refractivity contribution in [1.29, 1.82) is 0 Å². The lowest BCUT2D eigenvalue weighted by molar-refractivity contribution is -0.0249. The number of fused-ring (bicyclic) bond motifs is 1. The molecule has 0 unspecified atom stereocenters. The molecule has 6 nitrogen and oxygen atoms in total. The summed E-state index contributed by atoms with van der Waals surface area (Å²) in [6.07, 6.45) is 2.26. The summed E-state index contributed by atoms with van der Waals surface area (Å²) in [6.45, 7) is 6.37. The normalized spacial score (nSPS) is 11.5. The van der Waals surface area contributed by atoms with Crippen LogP contribution in [0.25, 0.3) is 10.9 Å². The monoisotopic (exact) mass is 517 g/mol. The SMILES string of the molecule is CCC(CC)(CC)OC(=O)c1c(COc2ccc(OC)cc2)n(C)c2cc(Br)c(OC)cc12. The van der Waals surface area contributed by atoms with Crippen LogP contribution in [-0.4, -0.2) is 30.4 Å². The highest BCUT2D eigenvalue weighted by molar-refractivity contribution is 9.10. The molecule has 0 radical (unpaired) electrons. The first-order chi connectivity index (χ1) is 15.8. The predicted molar refractivity (Wildman–Crippen MR) is 134 cm³/mol. The summed E-state index contributed by atoms with van der Waals surface area (Å²) in [5.74, 6) is 1.74. The van der Waals surface area contributed by atoms with Crippen LogP contribution >= 0.6 is 15.9 Å². The van der Waals surface area contributed by atoms with Crippen LogP contribution in [0.5, 0.6) is 17.2 Å². The van der Waals surface area contributed by atoms with Crippen molar-refractivity contribution < 1.29 is 23.7 Å². The maximum atomic E-state index is 13.6. The van der Waals surface area contributed by atoms with Crippen molar-refractivity contribution in [3.8, 4) is 17.2 Å². The first-order valence-electron chi connectivity index (χ1n) is 11.2. The summed E-state index contributed by atoms with van der Waals surface area (Å²) >= 11 is 3.56. The van der Waals surface area contributed by atoms with Crippen LogP contribution in [-0.2, 0) is 18.4 Å². The Labute approximate surface area is 203 Å². The summed E-state index contributed by atoms with van der Waals surface area (Å²) in [6, 6.07) is 11.2. The third kappa shape index (κ3) is 4.98. The Balaban J connectivity index is 2.08. The molecule has 0 aliphatic heterocycles. The molecule has 2 aromatic carbocycles. The van der Waals surface area contributed by atoms with Gasteiger partial charge >= 0.3 is 5.97 Å². The molecule has 0 aliphatic carbocycles. The Hall–Kier alpha value is -2.67. The molecule has 33 heavy (non-hydrogen) atoms. The van der Waals surface area contributed by atoms with Crippen LogP contribution in [0, 0.1) is 0 Å². The number of rotatable bonds is 10. The molecule has 0 fully saturated rings. The fourth-order valence-corrected chi connectivity index (χ4v) is 4.57. The van der Waals surface area contributed by atoms with E-state index in [0.717, 1.165) is 46.1 Å². The van der Waals surface area contributed by atoms with Gasteiger partial charge in [0.1, 0.15) is 29.5 Å². The molecular weight excluding hydrogens is 486 g/mol. The highest BCUT2D eigenvalue weighted by Gasteiger charge is 2.32. The van der Waals surface area contributed by atoms with Crippen molar-refractivity contribution in [2.45, 2.75) is 52.2 Å². The van der Waals surface area contributed by atoms with Crippen molar-refractivity contribution in [3.05, 3.63) is 52.1 Å². The predicted octanol–water partition coefficient (Wildman–Crippen LogP) is 6.66. The fraction of sp³-hybridized carbons (Fsp3) is 0.423. The van der Waals surface area contributed by atoms with Crippen LogP contribution in [0.3, 0.4) is 0 Å². The molecule has 0 amide bonds. The lowest BCUT2D eigenvalue weighted by atomic mass is 9.94. The summed E-state index contributed by atoms with van der Waals surface area (Å²) < 4.78 is 25.7. The van der Waals surface area contributed by atoms with Crippen molar-refractivity contribution in [1.82, 2.24) is 4.57 Å². The number of aryl methyl sites for hydroxylation is 1. The number of ether oxygens (including phenoxy) is 4. The second kappa shape index (κ2) is 10.5. The minimum atomic E-state index is -0.493. The van der Waals surface area contributed by atoms with Gasteiger partial charge in [0.2, 0.25) is 0 Å². The van der Waals surface area contributed by atoms with Crippen LogP contribution in [0.4, 0.5) is 0 Å². The standard InChI is InChI=1S/C26H32BrNO5/c1-7-26(8-2,9-3)33-25(29)24-19-14-23(31-6)20(27)15-21(19)28(4)22(24)16-32-18-12-10-17(30-5)11-13-18/h10-15H,7-9,16H2,1-6H3. The van der Waals surface area contributed by atoms with Gasteiger partial charge in [-0.15, -0.1) is 0 Å². The van der Waals surface area contributed by atoms with Gasteiger partial charge in [0, 0.05) is 12.4 Å². The number of carbonyl (C=O) groups excluding carboxylic acids is 1. The van der Waals surface area contributed by atoms with E-state index in [4.69, 9.17) is 18.9 Å². The van der Waals surface area contributed by atoms with E-state index in [1.165, 1.54) is 0 Å². The maximum absolute atomic E-state index is 13.6. The van der Waals surface area contributed by atoms with E-state index in [0.29, 0.717) is 17.1 Å². The number of aromatic nitrogens is 1. The molecule has 0 bridgehead atoms. The first kappa shape index (κ1) is 25.0. The Kier molecular flexibility index (Phi) is 7.95. The third-order valence-electron chi connectivity index (χ3n) is 6.48. The van der Waals surface area contributed by atoms with Gasteiger partial charge in [-0.2, -0.15) is 0 Å². The van der Waals surface area contributed by atoms with E-state index in [-0.39, 0.29) is 12.6 Å². The molecule has 0 N–H and O–H groups in total. The van der Waals surface area contributed by atoms with Crippen molar-refractivity contribution >= 4 is 32.8 Å².